The topological polar surface area (TPSA) is 60.2 Å². The van der Waals surface area contributed by atoms with Crippen molar-refractivity contribution in [3.8, 4) is 0 Å². The van der Waals surface area contributed by atoms with Gasteiger partial charge in [-0.15, -0.1) is 0 Å². The van der Waals surface area contributed by atoms with Gasteiger partial charge in [0.1, 0.15) is 12.0 Å². The summed E-state index contributed by atoms with van der Waals surface area (Å²) in [6.07, 6.45) is 2.41. The molecule has 18 heavy (non-hydrogen) atoms. The van der Waals surface area contributed by atoms with Gasteiger partial charge < -0.3 is 4.52 Å². The first-order chi connectivity index (χ1) is 8.15. The Morgan fingerprint density at radius 3 is 2.50 bits per heavy atom. The molecule has 0 radical (unpaired) electrons. The molecule has 1 aromatic rings. The Balaban J connectivity index is 2.89. The van der Waals surface area contributed by atoms with Crippen LogP contribution >= 0.6 is 0 Å². The lowest BCUT2D eigenvalue weighted by molar-refractivity contribution is 0.411. The highest BCUT2D eigenvalue weighted by Crippen LogP contribution is 2.26. The van der Waals surface area contributed by atoms with E-state index in [0.29, 0.717) is 5.69 Å². The Hall–Kier alpha value is -0.840. The largest absolute Gasteiger partial charge is 0.364 e. The van der Waals surface area contributed by atoms with E-state index in [2.05, 4.69) is 5.16 Å². The molecule has 4 nitrogen and oxygen atoms in total. The molecular weight excluding hydrogens is 250 g/mol. The van der Waals surface area contributed by atoms with E-state index in [1.807, 2.05) is 34.6 Å². The maximum atomic E-state index is 12.1. The van der Waals surface area contributed by atoms with Crippen LogP contribution in [0.15, 0.2) is 10.8 Å². The van der Waals surface area contributed by atoms with Crippen LogP contribution < -0.4 is 0 Å². The first kappa shape index (κ1) is 15.2. The Labute approximate surface area is 110 Å². The quantitative estimate of drug-likeness (QED) is 0.827. The zero-order chi connectivity index (χ0) is 14.0. The summed E-state index contributed by atoms with van der Waals surface area (Å²) in [4.78, 5) is 0. The Morgan fingerprint density at radius 2 is 2.00 bits per heavy atom. The van der Waals surface area contributed by atoms with E-state index in [1.54, 1.807) is 6.26 Å². The summed E-state index contributed by atoms with van der Waals surface area (Å²) >= 11 is 0. The lowest BCUT2D eigenvalue weighted by Crippen LogP contribution is -2.19. The van der Waals surface area contributed by atoms with Gasteiger partial charge in [-0.2, -0.15) is 0 Å². The first-order valence-corrected chi connectivity index (χ1v) is 8.12. The van der Waals surface area contributed by atoms with Gasteiger partial charge in [-0.05, 0) is 11.3 Å². The van der Waals surface area contributed by atoms with Gasteiger partial charge in [-0.1, -0.05) is 46.2 Å². The summed E-state index contributed by atoms with van der Waals surface area (Å²) in [6, 6.07) is 0. The van der Waals surface area contributed by atoms with E-state index in [0.717, 1.165) is 12.0 Å². The number of nitrogens with zero attached hydrogens (tertiary/aromatic N) is 1. The molecule has 104 valence electrons. The van der Waals surface area contributed by atoms with E-state index in [4.69, 9.17) is 4.52 Å². The molecule has 0 aliphatic heterocycles. The molecule has 0 saturated carbocycles. The van der Waals surface area contributed by atoms with E-state index in [-0.39, 0.29) is 22.8 Å². The summed E-state index contributed by atoms with van der Waals surface area (Å²) in [7, 11) is -3.12. The van der Waals surface area contributed by atoms with Crippen LogP contribution in [0.5, 0.6) is 0 Å². The fourth-order valence-corrected chi connectivity index (χ4v) is 3.64. The Kier molecular flexibility index (Phi) is 4.59. The first-order valence-electron chi connectivity index (χ1n) is 6.30. The number of hydrogen-bond donors (Lipinski definition) is 0. The van der Waals surface area contributed by atoms with Gasteiger partial charge in [0, 0.05) is 5.56 Å². The molecule has 1 heterocycles. The molecule has 1 unspecified atom stereocenters. The van der Waals surface area contributed by atoms with E-state index in [1.165, 1.54) is 0 Å². The highest BCUT2D eigenvalue weighted by Gasteiger charge is 2.25. The lowest BCUT2D eigenvalue weighted by atomic mass is 9.88. The van der Waals surface area contributed by atoms with Crippen molar-refractivity contribution in [2.75, 3.05) is 5.75 Å². The second kappa shape index (κ2) is 5.43. The number of aromatic nitrogens is 1. The molecule has 0 saturated heterocycles. The van der Waals surface area contributed by atoms with Crippen molar-refractivity contribution < 1.29 is 12.9 Å². The zero-order valence-corrected chi connectivity index (χ0v) is 12.7. The minimum atomic E-state index is -3.12. The second-order valence-corrected chi connectivity index (χ2v) is 8.10. The van der Waals surface area contributed by atoms with Gasteiger partial charge in [0.15, 0.2) is 9.84 Å². The monoisotopic (exact) mass is 273 g/mol. The molecule has 0 spiro atoms. The van der Waals surface area contributed by atoms with Crippen molar-refractivity contribution in [3.05, 3.63) is 17.5 Å². The highest BCUT2D eigenvalue weighted by molar-refractivity contribution is 7.90. The third-order valence-corrected chi connectivity index (χ3v) is 4.83. The molecule has 0 aromatic carbocycles. The summed E-state index contributed by atoms with van der Waals surface area (Å²) in [5, 5.41) is 3.85. The Bertz CT molecular complexity index is 483. The molecular formula is C13H23NO3S. The van der Waals surface area contributed by atoms with Crippen molar-refractivity contribution in [1.82, 2.24) is 5.16 Å². The van der Waals surface area contributed by atoms with Crippen LogP contribution in [-0.4, -0.2) is 19.3 Å². The van der Waals surface area contributed by atoms with Gasteiger partial charge in [0.2, 0.25) is 0 Å². The van der Waals surface area contributed by atoms with E-state index in [9.17, 15) is 8.42 Å². The summed E-state index contributed by atoms with van der Waals surface area (Å²) in [6.45, 7) is 10.0. The predicted octanol–water partition coefficient (Wildman–Crippen LogP) is 2.93. The minimum Gasteiger partial charge on any atom is -0.364 e. The van der Waals surface area contributed by atoms with Crippen molar-refractivity contribution in [2.45, 2.75) is 52.2 Å². The van der Waals surface area contributed by atoms with E-state index >= 15 is 0 Å². The van der Waals surface area contributed by atoms with Crippen LogP contribution in [0.3, 0.4) is 0 Å². The predicted molar refractivity (Wildman–Crippen MR) is 72.1 cm³/mol. The summed E-state index contributed by atoms with van der Waals surface area (Å²) in [5.41, 5.74) is 1.27. The molecule has 0 N–H and O–H groups in total. The summed E-state index contributed by atoms with van der Waals surface area (Å²) in [5.74, 6) is 0.361. The van der Waals surface area contributed by atoms with Crippen LogP contribution in [0.25, 0.3) is 0 Å². The smallest absolute Gasteiger partial charge is 0.156 e. The van der Waals surface area contributed by atoms with Crippen molar-refractivity contribution in [3.63, 3.8) is 0 Å². The molecule has 1 atom stereocenters. The highest BCUT2D eigenvalue weighted by atomic mass is 32.2. The average Bonchev–Trinajstić information content (AvgIpc) is 2.63. The van der Waals surface area contributed by atoms with Crippen molar-refractivity contribution in [1.29, 1.82) is 0 Å². The molecule has 0 fully saturated rings. The lowest BCUT2D eigenvalue weighted by Gasteiger charge is -2.17. The fraction of sp³-hybridized carbons (Fsp3) is 0.769. The Morgan fingerprint density at radius 1 is 1.39 bits per heavy atom. The molecule has 0 bridgehead atoms. The van der Waals surface area contributed by atoms with Gasteiger partial charge in [0.05, 0.1) is 11.5 Å². The number of hydrogen-bond acceptors (Lipinski definition) is 4. The molecule has 0 aliphatic carbocycles. The SMILES string of the molecule is CCC(C)CS(=O)(=O)Cc1nocc1C(C)(C)C. The number of sulfone groups is 1. The maximum Gasteiger partial charge on any atom is 0.156 e. The third-order valence-electron chi connectivity index (χ3n) is 3.04. The van der Waals surface area contributed by atoms with E-state index < -0.39 is 9.84 Å². The number of rotatable bonds is 5. The molecule has 0 aliphatic rings. The van der Waals surface area contributed by atoms with Crippen LogP contribution in [-0.2, 0) is 21.0 Å². The fourth-order valence-electron chi connectivity index (χ4n) is 1.79. The molecule has 1 aromatic heterocycles. The standard InChI is InChI=1S/C13H23NO3S/c1-6-10(2)8-18(15,16)9-12-11(7-17-14-12)13(3,4)5/h7,10H,6,8-9H2,1-5H3. The summed E-state index contributed by atoms with van der Waals surface area (Å²) < 4.78 is 29.1. The van der Waals surface area contributed by atoms with Gasteiger partial charge in [-0.25, -0.2) is 8.42 Å². The molecule has 0 amide bonds. The van der Waals surface area contributed by atoms with Crippen molar-refractivity contribution in [2.24, 2.45) is 5.92 Å². The van der Waals surface area contributed by atoms with Gasteiger partial charge in [-0.3, -0.25) is 0 Å². The van der Waals surface area contributed by atoms with Crippen LogP contribution in [0.1, 0.15) is 52.3 Å². The maximum absolute atomic E-state index is 12.1. The third kappa shape index (κ3) is 4.12. The second-order valence-electron chi connectivity index (χ2n) is 5.99. The minimum absolute atomic E-state index is 0.0273. The molecule has 1 rings (SSSR count). The van der Waals surface area contributed by atoms with Crippen LogP contribution in [0.2, 0.25) is 0 Å². The average molecular weight is 273 g/mol. The van der Waals surface area contributed by atoms with Crippen LogP contribution in [0, 0.1) is 5.92 Å². The normalized spacial score (nSPS) is 14.7. The van der Waals surface area contributed by atoms with Gasteiger partial charge >= 0.3 is 0 Å². The molecule has 5 heteroatoms. The van der Waals surface area contributed by atoms with Gasteiger partial charge in [0.25, 0.3) is 0 Å². The van der Waals surface area contributed by atoms with Crippen LogP contribution in [0.4, 0.5) is 0 Å². The zero-order valence-electron chi connectivity index (χ0n) is 11.9. The van der Waals surface area contributed by atoms with Crippen molar-refractivity contribution >= 4 is 9.84 Å².